The molecule has 9 heteroatoms. The van der Waals surface area contributed by atoms with Crippen LogP contribution in [-0.2, 0) is 16.1 Å². The van der Waals surface area contributed by atoms with Gasteiger partial charge < -0.3 is 25.0 Å². The average molecular weight is 544 g/mol. The minimum absolute atomic E-state index is 0.0583. The number of pyridine rings is 2. The Kier molecular flexibility index (Phi) is 6.97. The number of nitrogen functional groups attached to an aromatic ring is 1. The maximum Gasteiger partial charge on any atom is 0.410 e. The molecule has 0 bridgehead atoms. The fourth-order valence-electron chi connectivity index (χ4n) is 5.55. The zero-order valence-electron chi connectivity index (χ0n) is 21.7. The van der Waals surface area contributed by atoms with Crippen molar-refractivity contribution in [3.8, 4) is 11.3 Å². The molecule has 0 unspecified atom stereocenters. The first-order valence-electron chi connectivity index (χ1n) is 13.1. The largest absolute Gasteiger partial charge is 0.445 e. The van der Waals surface area contributed by atoms with Gasteiger partial charge in [-0.15, -0.1) is 0 Å². The highest BCUT2D eigenvalue weighted by molar-refractivity contribution is 6.34. The van der Waals surface area contributed by atoms with Crippen LogP contribution in [0.4, 0.5) is 16.2 Å². The number of hydrogen-bond acceptors (Lipinski definition) is 7. The molecule has 1 amide bonds. The third kappa shape index (κ3) is 4.97. The van der Waals surface area contributed by atoms with Crippen LogP contribution in [0.15, 0.2) is 67.0 Å². The van der Waals surface area contributed by atoms with Crippen LogP contribution in [0.2, 0.25) is 5.02 Å². The first-order valence-corrected chi connectivity index (χ1v) is 13.5. The summed E-state index contributed by atoms with van der Waals surface area (Å²) in [5.74, 6) is 0. The van der Waals surface area contributed by atoms with Gasteiger partial charge in [0.05, 0.1) is 46.4 Å². The molecule has 2 atom stereocenters. The van der Waals surface area contributed by atoms with E-state index < -0.39 is 0 Å². The van der Waals surface area contributed by atoms with Gasteiger partial charge in [0.25, 0.3) is 0 Å². The van der Waals surface area contributed by atoms with Gasteiger partial charge in [-0.2, -0.15) is 0 Å². The Labute approximate surface area is 232 Å². The van der Waals surface area contributed by atoms with Crippen molar-refractivity contribution in [2.75, 3.05) is 36.9 Å². The average Bonchev–Trinajstić information content (AvgIpc) is 2.97. The van der Waals surface area contributed by atoms with E-state index in [4.69, 9.17) is 26.8 Å². The first-order chi connectivity index (χ1) is 19.0. The van der Waals surface area contributed by atoms with E-state index in [0.29, 0.717) is 37.0 Å². The number of carbonyl (C=O) groups excluding carboxylic acids is 1. The molecule has 2 saturated heterocycles. The maximum absolute atomic E-state index is 13.0. The van der Waals surface area contributed by atoms with Gasteiger partial charge in [0.1, 0.15) is 6.61 Å². The molecule has 0 spiro atoms. The predicted octanol–water partition coefficient (Wildman–Crippen LogP) is 5.46. The molecule has 2 fully saturated rings. The molecule has 2 N–H and O–H groups in total. The molecule has 4 heterocycles. The second-order valence-electron chi connectivity index (χ2n) is 10.0. The summed E-state index contributed by atoms with van der Waals surface area (Å²) < 4.78 is 11.8. The molecule has 4 aromatic rings. The highest BCUT2D eigenvalue weighted by Gasteiger charge is 2.40. The van der Waals surface area contributed by atoms with Crippen LogP contribution in [0.25, 0.3) is 22.2 Å². The van der Waals surface area contributed by atoms with Gasteiger partial charge in [0.15, 0.2) is 0 Å². The SMILES string of the molecule is Cc1ccnc(-c2ccc3ncc(Cl)c(N4CC[C@H]5[C@H](C4)OCCN5C(=O)OCc4ccccc4)c3c2)c1N. The van der Waals surface area contributed by atoms with E-state index in [1.165, 1.54) is 0 Å². The number of morpholine rings is 1. The molecule has 6 rings (SSSR count). The van der Waals surface area contributed by atoms with Crippen molar-refractivity contribution < 1.29 is 14.3 Å². The Morgan fingerprint density at radius 2 is 2.00 bits per heavy atom. The van der Waals surface area contributed by atoms with Crippen molar-refractivity contribution in [2.24, 2.45) is 0 Å². The topological polar surface area (TPSA) is 93.8 Å². The third-order valence-corrected chi connectivity index (χ3v) is 7.90. The number of anilines is 2. The van der Waals surface area contributed by atoms with Crippen molar-refractivity contribution in [1.29, 1.82) is 0 Å². The standard InChI is InChI=1S/C30H30ClN5O3/c1-19-9-11-33-28(27(19)32)21-7-8-24-22(15-21)29(23(31)16-34-24)35-12-10-25-26(17-35)38-14-13-36(25)30(37)39-18-20-5-3-2-4-6-20/h2-9,11,15-16,25-26H,10,12-14,17-18,32H2,1H3/t25-,26-/m0/s1. The molecule has 2 aromatic carbocycles. The lowest BCUT2D eigenvalue weighted by atomic mass is 9.97. The number of hydrogen-bond donors (Lipinski definition) is 1. The number of ether oxygens (including phenoxy) is 2. The normalized spacial score (nSPS) is 19.1. The number of halogens is 1. The number of carbonyl (C=O) groups is 1. The minimum atomic E-state index is -0.300. The van der Waals surface area contributed by atoms with Gasteiger partial charge in [-0.05, 0) is 42.7 Å². The fraction of sp³-hybridized carbons (Fsp3) is 0.300. The fourth-order valence-corrected chi connectivity index (χ4v) is 5.82. The van der Waals surface area contributed by atoms with Gasteiger partial charge in [0.2, 0.25) is 0 Å². The maximum atomic E-state index is 13.0. The predicted molar refractivity (Wildman–Crippen MR) is 153 cm³/mol. The number of fused-ring (bicyclic) bond motifs is 2. The smallest absolute Gasteiger partial charge is 0.410 e. The van der Waals surface area contributed by atoms with E-state index in [-0.39, 0.29) is 24.8 Å². The number of nitrogens with zero attached hydrogens (tertiary/aromatic N) is 4. The summed E-state index contributed by atoms with van der Waals surface area (Å²) in [4.78, 5) is 26.2. The number of piperidine rings is 1. The van der Waals surface area contributed by atoms with Crippen molar-refractivity contribution in [1.82, 2.24) is 14.9 Å². The van der Waals surface area contributed by atoms with Crippen LogP contribution in [-0.4, -0.2) is 59.3 Å². The molecule has 2 aliphatic heterocycles. The van der Waals surface area contributed by atoms with Gasteiger partial charge in [-0.1, -0.05) is 48.0 Å². The number of aryl methyl sites for hydroxylation is 1. The van der Waals surface area contributed by atoms with Crippen LogP contribution >= 0.6 is 11.6 Å². The summed E-state index contributed by atoms with van der Waals surface area (Å²) in [6, 6.07) is 17.6. The number of aromatic nitrogens is 2. The molecule has 39 heavy (non-hydrogen) atoms. The van der Waals surface area contributed by atoms with E-state index in [2.05, 4.69) is 20.9 Å². The van der Waals surface area contributed by atoms with Crippen molar-refractivity contribution in [3.05, 3.63) is 83.1 Å². The molecular weight excluding hydrogens is 514 g/mol. The van der Waals surface area contributed by atoms with Crippen LogP contribution in [0.3, 0.4) is 0 Å². The summed E-state index contributed by atoms with van der Waals surface area (Å²) in [7, 11) is 0. The zero-order valence-corrected chi connectivity index (χ0v) is 22.5. The van der Waals surface area contributed by atoms with Crippen LogP contribution in [0, 0.1) is 6.92 Å². The van der Waals surface area contributed by atoms with E-state index in [0.717, 1.165) is 45.4 Å². The monoisotopic (exact) mass is 543 g/mol. The highest BCUT2D eigenvalue weighted by atomic mass is 35.5. The van der Waals surface area contributed by atoms with Gasteiger partial charge >= 0.3 is 6.09 Å². The number of benzene rings is 2. The van der Waals surface area contributed by atoms with Crippen LogP contribution in [0.1, 0.15) is 17.5 Å². The van der Waals surface area contributed by atoms with Gasteiger partial charge in [-0.25, -0.2) is 4.79 Å². The molecule has 8 nitrogen and oxygen atoms in total. The van der Waals surface area contributed by atoms with E-state index in [1.807, 2.05) is 60.4 Å². The van der Waals surface area contributed by atoms with Crippen molar-refractivity contribution >= 4 is 40.0 Å². The summed E-state index contributed by atoms with van der Waals surface area (Å²) in [5, 5.41) is 1.49. The lowest BCUT2D eigenvalue weighted by Crippen LogP contribution is -2.60. The summed E-state index contributed by atoms with van der Waals surface area (Å²) in [5.41, 5.74) is 12.3. The summed E-state index contributed by atoms with van der Waals surface area (Å²) in [6.07, 6.45) is 3.74. The molecule has 0 saturated carbocycles. The summed E-state index contributed by atoms with van der Waals surface area (Å²) >= 11 is 6.78. The highest BCUT2D eigenvalue weighted by Crippen LogP contribution is 2.38. The number of amides is 1. The first kappa shape index (κ1) is 25.4. The lowest BCUT2D eigenvalue weighted by Gasteiger charge is -2.47. The molecule has 200 valence electrons. The Balaban J connectivity index is 1.24. The van der Waals surface area contributed by atoms with Crippen molar-refractivity contribution in [3.63, 3.8) is 0 Å². The molecule has 0 aliphatic carbocycles. The minimum Gasteiger partial charge on any atom is -0.445 e. The molecule has 2 aromatic heterocycles. The molecule has 0 radical (unpaired) electrons. The lowest BCUT2D eigenvalue weighted by molar-refractivity contribution is -0.0709. The Hall–Kier alpha value is -3.88. The van der Waals surface area contributed by atoms with Crippen molar-refractivity contribution in [2.45, 2.75) is 32.1 Å². The summed E-state index contributed by atoms with van der Waals surface area (Å²) in [6.45, 7) is 4.51. The Morgan fingerprint density at radius 3 is 2.85 bits per heavy atom. The second-order valence-corrected chi connectivity index (χ2v) is 10.4. The van der Waals surface area contributed by atoms with Gasteiger partial charge in [-0.3, -0.25) is 9.97 Å². The number of rotatable bonds is 4. The zero-order chi connectivity index (χ0) is 26.9. The van der Waals surface area contributed by atoms with E-state index >= 15 is 0 Å². The Morgan fingerprint density at radius 1 is 1.15 bits per heavy atom. The van der Waals surface area contributed by atoms with Crippen LogP contribution in [0.5, 0.6) is 0 Å². The Bertz CT molecular complexity index is 1520. The third-order valence-electron chi connectivity index (χ3n) is 7.62. The number of nitrogens with two attached hydrogens (primary N) is 1. The van der Waals surface area contributed by atoms with Crippen LogP contribution < -0.4 is 10.6 Å². The molecule has 2 aliphatic rings. The van der Waals surface area contributed by atoms with E-state index in [9.17, 15) is 4.79 Å². The van der Waals surface area contributed by atoms with Gasteiger partial charge in [0, 0.05) is 43.0 Å². The molecular formula is C30H30ClN5O3. The van der Waals surface area contributed by atoms with E-state index in [1.54, 1.807) is 12.4 Å². The quantitative estimate of drug-likeness (QED) is 0.365. The second kappa shape index (κ2) is 10.7.